The molecule has 2 rings (SSSR count). The van der Waals surface area contributed by atoms with Crippen molar-refractivity contribution < 1.29 is 13.2 Å². The van der Waals surface area contributed by atoms with Gasteiger partial charge in [0.15, 0.2) is 0 Å². The van der Waals surface area contributed by atoms with Gasteiger partial charge >= 0.3 is 0 Å². The number of methoxy groups -OCH3 is 1. The van der Waals surface area contributed by atoms with Crippen LogP contribution in [-0.2, 0) is 14.8 Å². The second-order valence-corrected chi connectivity index (χ2v) is 6.30. The van der Waals surface area contributed by atoms with E-state index in [0.717, 1.165) is 0 Å². The van der Waals surface area contributed by atoms with Crippen LogP contribution in [0.2, 0.25) is 0 Å². The zero-order valence-electron chi connectivity index (χ0n) is 10.7. The van der Waals surface area contributed by atoms with Crippen molar-refractivity contribution in [3.05, 3.63) is 18.3 Å². The molecule has 3 N–H and O–H groups in total. The predicted octanol–water partition coefficient (Wildman–Crippen LogP) is 0.167. The van der Waals surface area contributed by atoms with Crippen LogP contribution in [0.25, 0.3) is 0 Å². The zero-order chi connectivity index (χ0) is 13.9. The van der Waals surface area contributed by atoms with Gasteiger partial charge < -0.3 is 10.2 Å². The summed E-state index contributed by atoms with van der Waals surface area (Å²) in [6.07, 6.45) is 2.89. The minimum absolute atomic E-state index is 0.147. The van der Waals surface area contributed by atoms with Crippen molar-refractivity contribution >= 4 is 15.8 Å². The van der Waals surface area contributed by atoms with E-state index in [1.807, 2.05) is 0 Å². The van der Waals surface area contributed by atoms with E-state index in [1.54, 1.807) is 7.11 Å². The second-order valence-electron chi connectivity index (χ2n) is 4.36. The van der Waals surface area contributed by atoms with Crippen molar-refractivity contribution in [2.75, 3.05) is 25.6 Å². The third-order valence-electron chi connectivity index (χ3n) is 3.26. The molecule has 0 bridgehead atoms. The number of nitrogen functional groups attached to an aromatic ring is 1. The number of rotatable bonds is 4. The van der Waals surface area contributed by atoms with Crippen LogP contribution < -0.4 is 11.3 Å². The number of ether oxygens (including phenoxy) is 1. The zero-order valence-corrected chi connectivity index (χ0v) is 11.6. The van der Waals surface area contributed by atoms with Crippen LogP contribution in [-0.4, -0.2) is 44.0 Å². The highest BCUT2D eigenvalue weighted by molar-refractivity contribution is 7.89. The summed E-state index contributed by atoms with van der Waals surface area (Å²) in [5, 5.41) is 0. The van der Waals surface area contributed by atoms with E-state index in [4.69, 9.17) is 10.6 Å². The maximum atomic E-state index is 12.4. The van der Waals surface area contributed by atoms with Crippen molar-refractivity contribution in [1.29, 1.82) is 0 Å². The third-order valence-corrected chi connectivity index (χ3v) is 5.14. The number of nitrogens with two attached hydrogens (primary N) is 1. The lowest BCUT2D eigenvalue weighted by atomic mass is 10.1. The molecule has 106 valence electrons. The summed E-state index contributed by atoms with van der Waals surface area (Å²) in [7, 11) is -1.82. The van der Waals surface area contributed by atoms with Crippen LogP contribution in [0.15, 0.2) is 23.2 Å². The Morgan fingerprint density at radius 1 is 1.42 bits per heavy atom. The number of hydrogen-bond acceptors (Lipinski definition) is 6. The first-order valence-electron chi connectivity index (χ1n) is 6.03. The lowest BCUT2D eigenvalue weighted by Crippen LogP contribution is -2.40. The second kappa shape index (κ2) is 5.83. The fraction of sp³-hybridized carbons (Fsp3) is 0.545. The van der Waals surface area contributed by atoms with Gasteiger partial charge in [-0.05, 0) is 25.0 Å². The Kier molecular flexibility index (Phi) is 4.35. The maximum Gasteiger partial charge on any atom is 0.244 e. The Morgan fingerprint density at radius 2 is 2.11 bits per heavy atom. The first kappa shape index (κ1) is 14.2. The number of anilines is 1. The molecule has 8 heteroatoms. The molecule has 1 aliphatic heterocycles. The number of pyridine rings is 1. The SMILES string of the molecule is COC1CCN(S(=O)(=O)c2ccc(NN)nc2)CC1. The van der Waals surface area contributed by atoms with Crippen LogP contribution in [0.4, 0.5) is 5.82 Å². The standard InChI is InChI=1S/C11H18N4O3S/c1-18-9-4-6-15(7-5-9)19(16,17)10-2-3-11(14-12)13-8-10/h2-3,8-9H,4-7,12H2,1H3,(H,13,14). The minimum Gasteiger partial charge on any atom is -0.381 e. The molecule has 1 aromatic heterocycles. The van der Waals surface area contributed by atoms with E-state index < -0.39 is 10.0 Å². The number of hydrogen-bond donors (Lipinski definition) is 2. The minimum atomic E-state index is -3.47. The quantitative estimate of drug-likeness (QED) is 0.605. The van der Waals surface area contributed by atoms with Crippen LogP contribution in [0.5, 0.6) is 0 Å². The van der Waals surface area contributed by atoms with Gasteiger partial charge in [0.05, 0.1) is 6.10 Å². The molecule has 0 aliphatic carbocycles. The average molecular weight is 286 g/mol. The summed E-state index contributed by atoms with van der Waals surface area (Å²) in [5.41, 5.74) is 2.36. The lowest BCUT2D eigenvalue weighted by Gasteiger charge is -2.30. The summed E-state index contributed by atoms with van der Waals surface area (Å²) < 4.78 is 31.5. The highest BCUT2D eigenvalue weighted by atomic mass is 32.2. The van der Waals surface area contributed by atoms with E-state index in [9.17, 15) is 8.42 Å². The normalized spacial score (nSPS) is 18.4. The highest BCUT2D eigenvalue weighted by Crippen LogP contribution is 2.21. The molecule has 0 atom stereocenters. The molecule has 19 heavy (non-hydrogen) atoms. The Morgan fingerprint density at radius 3 is 2.58 bits per heavy atom. The molecular formula is C11H18N4O3S. The Balaban J connectivity index is 2.13. The van der Waals surface area contributed by atoms with Gasteiger partial charge in [-0.2, -0.15) is 4.31 Å². The van der Waals surface area contributed by atoms with E-state index in [2.05, 4.69) is 10.4 Å². The van der Waals surface area contributed by atoms with Crippen molar-refractivity contribution in [2.24, 2.45) is 5.84 Å². The molecule has 1 saturated heterocycles. The maximum absolute atomic E-state index is 12.4. The van der Waals surface area contributed by atoms with Crippen LogP contribution in [0, 0.1) is 0 Å². The number of aromatic nitrogens is 1. The molecule has 0 spiro atoms. The third kappa shape index (κ3) is 3.03. The first-order chi connectivity index (χ1) is 9.07. The van der Waals surface area contributed by atoms with Crippen LogP contribution >= 0.6 is 0 Å². The molecule has 0 saturated carbocycles. The van der Waals surface area contributed by atoms with Gasteiger partial charge in [-0.1, -0.05) is 0 Å². The van der Waals surface area contributed by atoms with E-state index in [1.165, 1.54) is 22.6 Å². The number of hydrazine groups is 1. The molecule has 7 nitrogen and oxygen atoms in total. The molecule has 0 radical (unpaired) electrons. The van der Waals surface area contributed by atoms with Gasteiger partial charge in [0.25, 0.3) is 0 Å². The number of nitrogens with one attached hydrogen (secondary N) is 1. The van der Waals surface area contributed by atoms with Gasteiger partial charge in [-0.3, -0.25) is 0 Å². The van der Waals surface area contributed by atoms with Crippen molar-refractivity contribution in [3.63, 3.8) is 0 Å². The van der Waals surface area contributed by atoms with Crippen molar-refractivity contribution in [3.8, 4) is 0 Å². The summed E-state index contributed by atoms with van der Waals surface area (Å²) in [4.78, 5) is 4.11. The smallest absolute Gasteiger partial charge is 0.244 e. The van der Waals surface area contributed by atoms with E-state index in [0.29, 0.717) is 31.7 Å². The van der Waals surface area contributed by atoms with Crippen molar-refractivity contribution in [1.82, 2.24) is 9.29 Å². The molecule has 2 heterocycles. The average Bonchev–Trinajstić information content (AvgIpc) is 2.47. The highest BCUT2D eigenvalue weighted by Gasteiger charge is 2.29. The molecule has 1 fully saturated rings. The summed E-state index contributed by atoms with van der Waals surface area (Å²) in [5.74, 6) is 5.62. The number of piperidine rings is 1. The predicted molar refractivity (Wildman–Crippen MR) is 70.8 cm³/mol. The Labute approximate surface area is 112 Å². The fourth-order valence-corrected chi connectivity index (χ4v) is 3.49. The van der Waals surface area contributed by atoms with Gasteiger partial charge in [0.2, 0.25) is 10.0 Å². The topological polar surface area (TPSA) is 97.5 Å². The Bertz CT molecular complexity index is 509. The van der Waals surface area contributed by atoms with Gasteiger partial charge in [0.1, 0.15) is 10.7 Å². The molecular weight excluding hydrogens is 268 g/mol. The van der Waals surface area contributed by atoms with Gasteiger partial charge in [-0.15, -0.1) is 0 Å². The first-order valence-corrected chi connectivity index (χ1v) is 7.47. The fourth-order valence-electron chi connectivity index (χ4n) is 2.08. The summed E-state index contributed by atoms with van der Waals surface area (Å²) in [6, 6.07) is 3.04. The lowest BCUT2D eigenvalue weighted by molar-refractivity contribution is 0.0604. The van der Waals surface area contributed by atoms with Gasteiger partial charge in [-0.25, -0.2) is 19.2 Å². The molecule has 1 aliphatic rings. The largest absolute Gasteiger partial charge is 0.381 e. The van der Waals surface area contributed by atoms with E-state index >= 15 is 0 Å². The van der Waals surface area contributed by atoms with Crippen molar-refractivity contribution in [2.45, 2.75) is 23.8 Å². The number of sulfonamides is 1. The van der Waals surface area contributed by atoms with Gasteiger partial charge in [0, 0.05) is 26.4 Å². The summed E-state index contributed by atoms with van der Waals surface area (Å²) in [6.45, 7) is 0.940. The van der Waals surface area contributed by atoms with Crippen LogP contribution in [0.1, 0.15) is 12.8 Å². The summed E-state index contributed by atoms with van der Waals surface area (Å²) >= 11 is 0. The molecule has 0 aromatic carbocycles. The van der Waals surface area contributed by atoms with E-state index in [-0.39, 0.29) is 11.0 Å². The molecule has 0 amide bonds. The number of nitrogens with zero attached hydrogens (tertiary/aromatic N) is 2. The Hall–Kier alpha value is -1.22. The van der Waals surface area contributed by atoms with Crippen LogP contribution in [0.3, 0.4) is 0 Å². The monoisotopic (exact) mass is 286 g/mol. The molecule has 1 aromatic rings. The molecule has 0 unspecified atom stereocenters.